The van der Waals surface area contributed by atoms with Crippen LogP contribution in [-0.4, -0.2) is 72.6 Å². The summed E-state index contributed by atoms with van der Waals surface area (Å²) in [6, 6.07) is -0.159. The molecule has 0 unspecified atom stereocenters. The van der Waals surface area contributed by atoms with Crippen molar-refractivity contribution in [1.82, 2.24) is 9.80 Å². The van der Waals surface area contributed by atoms with Gasteiger partial charge in [0.25, 0.3) is 0 Å². The number of esters is 1. The number of methoxy groups -OCH3 is 1. The minimum atomic E-state index is -0.811. The fourth-order valence-corrected chi connectivity index (χ4v) is 4.54. The highest BCUT2D eigenvalue weighted by atomic mass is 16.6. The smallest absolute Gasteiger partial charge is 0.412 e. The van der Waals surface area contributed by atoms with Crippen molar-refractivity contribution >= 4 is 12.1 Å². The van der Waals surface area contributed by atoms with Crippen LogP contribution in [0, 0.1) is 17.8 Å². The van der Waals surface area contributed by atoms with Crippen LogP contribution in [0.3, 0.4) is 0 Å². The monoisotopic (exact) mass is 398 g/mol. The molecule has 0 aliphatic carbocycles. The SMILES string of the molecule is COC(=O)[C@@H]1CN(C)C[C@@H]1[C@@H]1OC(C)(C)N(C(=O)OC(C)(C)C)[C@H]1CC(C)C. The Bertz CT molecular complexity index is 584. The Kier molecular flexibility index (Phi) is 6.71. The van der Waals surface area contributed by atoms with Gasteiger partial charge in [-0.2, -0.15) is 0 Å². The van der Waals surface area contributed by atoms with E-state index in [-0.39, 0.29) is 36.0 Å². The number of hydrogen-bond acceptors (Lipinski definition) is 6. The molecule has 0 spiro atoms. The number of amides is 1. The van der Waals surface area contributed by atoms with Crippen molar-refractivity contribution in [2.45, 2.75) is 78.4 Å². The third kappa shape index (κ3) is 4.98. The van der Waals surface area contributed by atoms with Crippen molar-refractivity contribution in [3.63, 3.8) is 0 Å². The molecule has 1 amide bonds. The van der Waals surface area contributed by atoms with Crippen molar-refractivity contribution in [1.29, 1.82) is 0 Å². The van der Waals surface area contributed by atoms with Crippen LogP contribution in [0.15, 0.2) is 0 Å². The summed E-state index contributed by atoms with van der Waals surface area (Å²) in [7, 11) is 3.43. The minimum Gasteiger partial charge on any atom is -0.469 e. The molecule has 2 rings (SSSR count). The van der Waals surface area contributed by atoms with E-state index in [1.165, 1.54) is 7.11 Å². The van der Waals surface area contributed by atoms with Crippen LogP contribution in [0.25, 0.3) is 0 Å². The lowest BCUT2D eigenvalue weighted by atomic mass is 9.84. The summed E-state index contributed by atoms with van der Waals surface area (Å²) in [5, 5.41) is 0. The fraction of sp³-hybridized carbons (Fsp3) is 0.905. The van der Waals surface area contributed by atoms with Gasteiger partial charge in [0.1, 0.15) is 11.3 Å². The van der Waals surface area contributed by atoms with E-state index in [9.17, 15) is 9.59 Å². The van der Waals surface area contributed by atoms with Crippen molar-refractivity contribution in [2.24, 2.45) is 17.8 Å². The van der Waals surface area contributed by atoms with E-state index in [1.54, 1.807) is 4.90 Å². The maximum atomic E-state index is 13.1. The lowest BCUT2D eigenvalue weighted by Crippen LogP contribution is -2.51. The number of hydrogen-bond donors (Lipinski definition) is 0. The molecule has 162 valence electrons. The third-order valence-electron chi connectivity index (χ3n) is 5.49. The van der Waals surface area contributed by atoms with Gasteiger partial charge in [0.2, 0.25) is 0 Å². The molecule has 0 aromatic carbocycles. The topological polar surface area (TPSA) is 68.3 Å². The first-order chi connectivity index (χ1) is 12.8. The molecule has 0 aromatic rings. The van der Waals surface area contributed by atoms with E-state index in [0.717, 1.165) is 13.0 Å². The second kappa shape index (κ2) is 8.19. The number of nitrogens with zero attached hydrogens (tertiary/aromatic N) is 2. The lowest BCUT2D eigenvalue weighted by molar-refractivity contribution is -0.149. The third-order valence-corrected chi connectivity index (χ3v) is 5.49. The van der Waals surface area contributed by atoms with Crippen LogP contribution >= 0.6 is 0 Å². The highest BCUT2D eigenvalue weighted by Gasteiger charge is 2.56. The zero-order valence-corrected chi connectivity index (χ0v) is 18.9. The summed E-state index contributed by atoms with van der Waals surface area (Å²) in [6.07, 6.45) is 0.159. The van der Waals surface area contributed by atoms with Gasteiger partial charge in [-0.15, -0.1) is 0 Å². The van der Waals surface area contributed by atoms with Gasteiger partial charge in [-0.3, -0.25) is 9.69 Å². The molecule has 28 heavy (non-hydrogen) atoms. The van der Waals surface area contributed by atoms with Crippen LogP contribution in [0.2, 0.25) is 0 Å². The van der Waals surface area contributed by atoms with Crippen LogP contribution in [0.4, 0.5) is 4.79 Å². The van der Waals surface area contributed by atoms with E-state index in [1.807, 2.05) is 41.7 Å². The number of ether oxygens (including phenoxy) is 3. The summed E-state index contributed by atoms with van der Waals surface area (Å²) >= 11 is 0. The van der Waals surface area contributed by atoms with Crippen molar-refractivity contribution in [3.05, 3.63) is 0 Å². The molecule has 0 aromatic heterocycles. The Morgan fingerprint density at radius 2 is 1.82 bits per heavy atom. The van der Waals surface area contributed by atoms with E-state index >= 15 is 0 Å². The van der Waals surface area contributed by atoms with Gasteiger partial charge < -0.3 is 19.1 Å². The average Bonchev–Trinajstić information content (AvgIpc) is 3.01. The summed E-state index contributed by atoms with van der Waals surface area (Å²) in [6.45, 7) is 15.0. The van der Waals surface area contributed by atoms with Gasteiger partial charge in [-0.25, -0.2) is 4.79 Å². The Morgan fingerprint density at radius 1 is 1.21 bits per heavy atom. The first-order valence-electron chi connectivity index (χ1n) is 10.2. The molecule has 2 heterocycles. The Hall–Kier alpha value is -1.34. The molecule has 0 radical (unpaired) electrons. The summed E-state index contributed by atoms with van der Waals surface area (Å²) < 4.78 is 17.2. The molecule has 0 N–H and O–H groups in total. The largest absolute Gasteiger partial charge is 0.469 e. The standard InChI is InChI=1S/C21H38N2O5/c1-13(2)10-16-17(14-11-22(8)12-15(14)18(24)26-9)27-21(6,7)23(16)19(25)28-20(3,4)5/h13-17H,10-12H2,1-9H3/t14-,15+,16-,17-/m0/s1. The molecule has 2 aliphatic heterocycles. The Balaban J connectivity index is 2.38. The van der Waals surface area contributed by atoms with E-state index in [2.05, 4.69) is 18.7 Å². The number of likely N-dealkylation sites (tertiary alicyclic amines) is 1. The highest BCUT2D eigenvalue weighted by Crippen LogP contribution is 2.43. The second-order valence-electron chi connectivity index (χ2n) is 10.1. The Labute approximate surface area is 169 Å². The Morgan fingerprint density at radius 3 is 2.32 bits per heavy atom. The predicted molar refractivity (Wildman–Crippen MR) is 107 cm³/mol. The molecule has 0 saturated carbocycles. The van der Waals surface area contributed by atoms with Crippen LogP contribution in [0.5, 0.6) is 0 Å². The van der Waals surface area contributed by atoms with Crippen molar-refractivity contribution in [2.75, 3.05) is 27.2 Å². The van der Waals surface area contributed by atoms with Gasteiger partial charge in [-0.05, 0) is 54.0 Å². The van der Waals surface area contributed by atoms with Gasteiger partial charge in [0.15, 0.2) is 0 Å². The summed E-state index contributed by atoms with van der Waals surface area (Å²) in [4.78, 5) is 29.4. The van der Waals surface area contributed by atoms with E-state index in [0.29, 0.717) is 12.5 Å². The van der Waals surface area contributed by atoms with Crippen LogP contribution < -0.4 is 0 Å². The molecule has 0 bridgehead atoms. The van der Waals surface area contributed by atoms with Crippen LogP contribution in [-0.2, 0) is 19.0 Å². The molecule has 7 nitrogen and oxygen atoms in total. The second-order valence-corrected chi connectivity index (χ2v) is 10.1. The van der Waals surface area contributed by atoms with Gasteiger partial charge in [-0.1, -0.05) is 13.8 Å². The number of carbonyl (C=O) groups excluding carboxylic acids is 2. The number of rotatable bonds is 4. The molecule has 2 fully saturated rings. The zero-order valence-electron chi connectivity index (χ0n) is 18.9. The summed E-state index contributed by atoms with van der Waals surface area (Å²) in [5.74, 6) is -0.141. The molecule has 4 atom stereocenters. The highest BCUT2D eigenvalue weighted by molar-refractivity contribution is 5.74. The molecular weight excluding hydrogens is 360 g/mol. The normalized spacial score (nSPS) is 30.7. The number of carbonyl (C=O) groups is 2. The molecular formula is C21H38N2O5. The van der Waals surface area contributed by atoms with Crippen molar-refractivity contribution in [3.8, 4) is 0 Å². The quantitative estimate of drug-likeness (QED) is 0.678. The molecule has 2 aliphatic rings. The first kappa shape index (κ1) is 22.9. The summed E-state index contributed by atoms with van der Waals surface area (Å²) in [5.41, 5.74) is -1.40. The van der Waals surface area contributed by atoms with Crippen molar-refractivity contribution < 1.29 is 23.8 Å². The van der Waals surface area contributed by atoms with E-state index < -0.39 is 11.3 Å². The average molecular weight is 399 g/mol. The predicted octanol–water partition coefficient (Wildman–Crippen LogP) is 3.12. The van der Waals surface area contributed by atoms with Gasteiger partial charge in [0.05, 0.1) is 25.2 Å². The lowest BCUT2D eigenvalue weighted by Gasteiger charge is -2.36. The van der Waals surface area contributed by atoms with Gasteiger partial charge in [0, 0.05) is 19.0 Å². The zero-order chi connectivity index (χ0) is 21.4. The first-order valence-corrected chi connectivity index (χ1v) is 10.2. The van der Waals surface area contributed by atoms with E-state index in [4.69, 9.17) is 14.2 Å². The van der Waals surface area contributed by atoms with Crippen LogP contribution in [0.1, 0.15) is 54.9 Å². The van der Waals surface area contributed by atoms with Gasteiger partial charge >= 0.3 is 12.1 Å². The maximum absolute atomic E-state index is 13.1. The fourth-order valence-electron chi connectivity index (χ4n) is 4.54. The minimum absolute atomic E-state index is 0.0343. The maximum Gasteiger partial charge on any atom is 0.412 e. The molecule has 2 saturated heterocycles. The molecule has 7 heteroatoms.